The maximum absolute atomic E-state index is 12.3. The lowest BCUT2D eigenvalue weighted by atomic mass is 9.83. The number of esters is 1. The smallest absolute Gasteiger partial charge is 0.341 e. The van der Waals surface area contributed by atoms with E-state index in [0.29, 0.717) is 24.6 Å². The van der Waals surface area contributed by atoms with Gasteiger partial charge in [0.2, 0.25) is 0 Å². The van der Waals surface area contributed by atoms with Crippen LogP contribution in [0.15, 0.2) is 6.20 Å². The fourth-order valence-corrected chi connectivity index (χ4v) is 3.40. The van der Waals surface area contributed by atoms with E-state index in [1.807, 2.05) is 11.6 Å². The van der Waals surface area contributed by atoms with Crippen molar-refractivity contribution in [2.24, 2.45) is 0 Å². The van der Waals surface area contributed by atoms with E-state index in [4.69, 9.17) is 4.74 Å². The Labute approximate surface area is 132 Å². The Morgan fingerprint density at radius 1 is 1.41 bits per heavy atom. The number of nitrogens with zero attached hydrogens (tertiary/aromatic N) is 2. The molecule has 0 atom stereocenters. The number of aliphatic hydroxyl groups excluding tert-OH is 1. The van der Waals surface area contributed by atoms with Gasteiger partial charge in [0.05, 0.1) is 24.5 Å². The van der Waals surface area contributed by atoms with Crippen molar-refractivity contribution in [3.63, 3.8) is 0 Å². The molecule has 0 unspecified atom stereocenters. The van der Waals surface area contributed by atoms with E-state index >= 15 is 0 Å². The van der Waals surface area contributed by atoms with Crippen molar-refractivity contribution < 1.29 is 14.6 Å². The first kappa shape index (κ1) is 17.0. The molecule has 2 rings (SSSR count). The van der Waals surface area contributed by atoms with Crippen LogP contribution in [0.3, 0.4) is 0 Å². The molecule has 0 bridgehead atoms. The molecule has 124 valence electrons. The topological polar surface area (TPSA) is 64.3 Å². The molecular weight excluding hydrogens is 280 g/mol. The average molecular weight is 308 g/mol. The molecule has 0 aliphatic heterocycles. The van der Waals surface area contributed by atoms with Crippen LogP contribution in [-0.4, -0.2) is 34.1 Å². The van der Waals surface area contributed by atoms with Gasteiger partial charge in [0.15, 0.2) is 0 Å². The zero-order valence-corrected chi connectivity index (χ0v) is 14.0. The van der Waals surface area contributed by atoms with Crippen molar-refractivity contribution in [2.45, 2.75) is 70.8 Å². The maximum Gasteiger partial charge on any atom is 0.341 e. The average Bonchev–Trinajstić information content (AvgIpc) is 2.94. The second-order valence-corrected chi connectivity index (χ2v) is 6.72. The Balaban J connectivity index is 2.42. The minimum absolute atomic E-state index is 0.0884. The van der Waals surface area contributed by atoms with Gasteiger partial charge in [0, 0.05) is 12.0 Å². The molecule has 1 aliphatic carbocycles. The number of ether oxygens (including phenoxy) is 1. The van der Waals surface area contributed by atoms with Gasteiger partial charge in [-0.3, -0.25) is 4.68 Å². The molecule has 1 saturated carbocycles. The van der Waals surface area contributed by atoms with Crippen LogP contribution in [0.2, 0.25) is 0 Å². The number of aliphatic hydroxyl groups is 1. The van der Waals surface area contributed by atoms with E-state index in [0.717, 1.165) is 18.5 Å². The zero-order valence-electron chi connectivity index (χ0n) is 14.0. The number of aromatic nitrogens is 2. The van der Waals surface area contributed by atoms with Gasteiger partial charge in [-0.05, 0) is 26.2 Å². The van der Waals surface area contributed by atoms with Crippen LogP contribution >= 0.6 is 0 Å². The highest BCUT2D eigenvalue weighted by Crippen LogP contribution is 2.36. The molecule has 22 heavy (non-hydrogen) atoms. The summed E-state index contributed by atoms with van der Waals surface area (Å²) in [5.41, 5.74) is 1.14. The highest BCUT2D eigenvalue weighted by atomic mass is 16.5. The Morgan fingerprint density at radius 3 is 2.68 bits per heavy atom. The SMILES string of the molecule is CCOC(=O)c1cnn(C2CCCCC2)c1C(C)(C)CCO. The molecule has 1 aromatic heterocycles. The third-order valence-electron chi connectivity index (χ3n) is 4.59. The van der Waals surface area contributed by atoms with Gasteiger partial charge >= 0.3 is 5.97 Å². The van der Waals surface area contributed by atoms with Crippen LogP contribution in [0, 0.1) is 0 Å². The molecular formula is C17H28N2O3. The highest BCUT2D eigenvalue weighted by Gasteiger charge is 2.33. The standard InChI is InChI=1S/C17H28N2O3/c1-4-22-16(21)14-12-18-19(13-8-6-5-7-9-13)15(14)17(2,3)10-11-20/h12-13,20H,4-11H2,1-3H3. The van der Waals surface area contributed by atoms with E-state index in [-0.39, 0.29) is 18.0 Å². The second-order valence-electron chi connectivity index (χ2n) is 6.72. The molecule has 0 saturated heterocycles. The minimum Gasteiger partial charge on any atom is -0.462 e. The molecule has 0 radical (unpaired) electrons. The molecule has 1 heterocycles. The Bertz CT molecular complexity index is 502. The molecule has 5 heteroatoms. The summed E-state index contributed by atoms with van der Waals surface area (Å²) in [4.78, 5) is 12.3. The van der Waals surface area contributed by atoms with E-state index in [2.05, 4.69) is 18.9 Å². The molecule has 1 aromatic rings. The highest BCUT2D eigenvalue weighted by molar-refractivity contribution is 5.90. The third kappa shape index (κ3) is 3.51. The lowest BCUT2D eigenvalue weighted by molar-refractivity contribution is 0.0522. The van der Waals surface area contributed by atoms with Crippen molar-refractivity contribution in [1.82, 2.24) is 9.78 Å². The predicted octanol–water partition coefficient (Wildman–Crippen LogP) is 3.23. The van der Waals surface area contributed by atoms with Crippen molar-refractivity contribution in [3.05, 3.63) is 17.5 Å². The first-order valence-corrected chi connectivity index (χ1v) is 8.37. The molecule has 0 spiro atoms. The maximum atomic E-state index is 12.3. The molecule has 1 fully saturated rings. The fraction of sp³-hybridized carbons (Fsp3) is 0.765. The van der Waals surface area contributed by atoms with Gasteiger partial charge in [0.25, 0.3) is 0 Å². The van der Waals surface area contributed by atoms with Crippen LogP contribution in [0.1, 0.15) is 81.4 Å². The number of carbonyl (C=O) groups is 1. The van der Waals surface area contributed by atoms with E-state index in [9.17, 15) is 9.90 Å². The van der Waals surface area contributed by atoms with Crippen LogP contribution < -0.4 is 0 Å². The van der Waals surface area contributed by atoms with Gasteiger partial charge in [-0.1, -0.05) is 33.1 Å². The summed E-state index contributed by atoms with van der Waals surface area (Å²) in [7, 11) is 0. The molecule has 1 aliphatic rings. The summed E-state index contributed by atoms with van der Waals surface area (Å²) >= 11 is 0. The van der Waals surface area contributed by atoms with Crippen LogP contribution in [0.4, 0.5) is 0 Å². The van der Waals surface area contributed by atoms with Gasteiger partial charge in [-0.25, -0.2) is 4.79 Å². The first-order chi connectivity index (χ1) is 10.5. The molecule has 0 aromatic carbocycles. The zero-order chi connectivity index (χ0) is 16.2. The van der Waals surface area contributed by atoms with E-state index in [1.54, 1.807) is 6.20 Å². The van der Waals surface area contributed by atoms with Crippen molar-refractivity contribution in [1.29, 1.82) is 0 Å². The Morgan fingerprint density at radius 2 is 2.09 bits per heavy atom. The quantitative estimate of drug-likeness (QED) is 0.820. The Kier molecular flexibility index (Phi) is 5.62. The summed E-state index contributed by atoms with van der Waals surface area (Å²) < 4.78 is 7.22. The van der Waals surface area contributed by atoms with E-state index < -0.39 is 0 Å². The number of carbonyl (C=O) groups excluding carboxylic acids is 1. The molecule has 0 amide bonds. The number of hydrogen-bond acceptors (Lipinski definition) is 4. The van der Waals surface area contributed by atoms with Crippen LogP contribution in [-0.2, 0) is 10.2 Å². The lowest BCUT2D eigenvalue weighted by Crippen LogP contribution is -2.29. The molecule has 1 N–H and O–H groups in total. The van der Waals surface area contributed by atoms with Crippen molar-refractivity contribution in [3.8, 4) is 0 Å². The lowest BCUT2D eigenvalue weighted by Gasteiger charge is -2.31. The van der Waals surface area contributed by atoms with E-state index in [1.165, 1.54) is 19.3 Å². The van der Waals surface area contributed by atoms with Gasteiger partial charge in [-0.2, -0.15) is 5.10 Å². The first-order valence-electron chi connectivity index (χ1n) is 8.37. The van der Waals surface area contributed by atoms with Crippen LogP contribution in [0.5, 0.6) is 0 Å². The van der Waals surface area contributed by atoms with Crippen molar-refractivity contribution >= 4 is 5.97 Å². The normalized spacial score (nSPS) is 16.7. The summed E-state index contributed by atoms with van der Waals surface area (Å²) in [6.07, 6.45) is 8.13. The largest absolute Gasteiger partial charge is 0.462 e. The summed E-state index contributed by atoms with van der Waals surface area (Å²) in [6, 6.07) is 0.352. The summed E-state index contributed by atoms with van der Waals surface area (Å²) in [5.74, 6) is -0.314. The second kappa shape index (κ2) is 7.27. The number of rotatable bonds is 6. The third-order valence-corrected chi connectivity index (χ3v) is 4.59. The Hall–Kier alpha value is -1.36. The minimum atomic E-state index is -0.315. The summed E-state index contributed by atoms with van der Waals surface area (Å²) in [5, 5.41) is 13.9. The van der Waals surface area contributed by atoms with Crippen molar-refractivity contribution in [2.75, 3.05) is 13.2 Å². The van der Waals surface area contributed by atoms with Gasteiger partial charge in [0.1, 0.15) is 5.56 Å². The number of hydrogen-bond donors (Lipinski definition) is 1. The fourth-order valence-electron chi connectivity index (χ4n) is 3.40. The monoisotopic (exact) mass is 308 g/mol. The van der Waals surface area contributed by atoms with Gasteiger partial charge in [-0.15, -0.1) is 0 Å². The van der Waals surface area contributed by atoms with Crippen LogP contribution in [0.25, 0.3) is 0 Å². The molecule has 5 nitrogen and oxygen atoms in total. The summed E-state index contributed by atoms with van der Waals surface area (Å²) in [6.45, 7) is 6.37. The predicted molar refractivity (Wildman–Crippen MR) is 85.0 cm³/mol. The van der Waals surface area contributed by atoms with Gasteiger partial charge < -0.3 is 9.84 Å².